The first-order valence-corrected chi connectivity index (χ1v) is 7.80. The van der Waals surface area contributed by atoms with Gasteiger partial charge in [-0.15, -0.1) is 0 Å². The van der Waals surface area contributed by atoms with Gasteiger partial charge in [-0.25, -0.2) is 0 Å². The lowest BCUT2D eigenvalue weighted by atomic mass is 10.1. The van der Waals surface area contributed by atoms with Crippen molar-refractivity contribution in [3.05, 3.63) is 52.0 Å². The van der Waals surface area contributed by atoms with Gasteiger partial charge in [0.1, 0.15) is 11.5 Å². The van der Waals surface area contributed by atoms with Crippen LogP contribution in [0.3, 0.4) is 0 Å². The average Bonchev–Trinajstić information content (AvgIpc) is 2.60. The molecule has 0 heterocycles. The minimum atomic E-state index is -0.214. The number of rotatable bonds is 6. The molecule has 6 heteroatoms. The summed E-state index contributed by atoms with van der Waals surface area (Å²) in [6, 6.07) is 8.14. The van der Waals surface area contributed by atoms with Crippen LogP contribution in [0.1, 0.15) is 15.9 Å². The first-order chi connectivity index (χ1) is 11.5. The van der Waals surface area contributed by atoms with Crippen molar-refractivity contribution in [3.63, 3.8) is 0 Å². The summed E-state index contributed by atoms with van der Waals surface area (Å²) >= 11 is 3.34. The number of hydrogen-bond acceptors (Lipinski definition) is 5. The van der Waals surface area contributed by atoms with E-state index >= 15 is 0 Å². The molecule has 0 atom stereocenters. The number of ether oxygens (including phenoxy) is 3. The van der Waals surface area contributed by atoms with E-state index in [2.05, 4.69) is 15.9 Å². The third kappa shape index (κ3) is 3.89. The van der Waals surface area contributed by atoms with Crippen LogP contribution in [-0.4, -0.2) is 32.2 Å². The lowest BCUT2D eigenvalue weighted by Gasteiger charge is -2.08. The highest BCUT2D eigenvalue weighted by atomic mass is 79.9. The van der Waals surface area contributed by atoms with Crippen molar-refractivity contribution in [1.29, 1.82) is 0 Å². The number of allylic oxidation sites excluding steroid dienone is 1. The maximum Gasteiger partial charge on any atom is 0.189 e. The Hall–Kier alpha value is -2.47. The Morgan fingerprint density at radius 1 is 1.04 bits per heavy atom. The number of phenols is 1. The molecule has 2 aromatic rings. The smallest absolute Gasteiger partial charge is 0.189 e. The molecule has 0 saturated carbocycles. The largest absolute Gasteiger partial charge is 0.504 e. The van der Waals surface area contributed by atoms with E-state index in [0.29, 0.717) is 32.8 Å². The van der Waals surface area contributed by atoms with Crippen molar-refractivity contribution in [2.75, 3.05) is 21.3 Å². The second kappa shape index (κ2) is 7.88. The minimum Gasteiger partial charge on any atom is -0.504 e. The highest BCUT2D eigenvalue weighted by Crippen LogP contribution is 2.33. The van der Waals surface area contributed by atoms with Crippen LogP contribution in [0.5, 0.6) is 23.0 Å². The molecule has 0 saturated heterocycles. The lowest BCUT2D eigenvalue weighted by Crippen LogP contribution is -1.99. The second-order valence-electron chi connectivity index (χ2n) is 4.81. The summed E-state index contributed by atoms with van der Waals surface area (Å²) in [6.45, 7) is 0. The number of methoxy groups -OCH3 is 3. The van der Waals surface area contributed by atoms with E-state index in [1.54, 1.807) is 37.5 Å². The van der Waals surface area contributed by atoms with Gasteiger partial charge in [-0.3, -0.25) is 4.79 Å². The Morgan fingerprint density at radius 2 is 1.75 bits per heavy atom. The van der Waals surface area contributed by atoms with Gasteiger partial charge < -0.3 is 19.3 Å². The van der Waals surface area contributed by atoms with E-state index in [9.17, 15) is 9.90 Å². The molecule has 0 aliphatic rings. The fourth-order valence-corrected chi connectivity index (χ4v) is 2.57. The topological polar surface area (TPSA) is 65.0 Å². The van der Waals surface area contributed by atoms with Crippen LogP contribution in [0, 0.1) is 0 Å². The molecule has 1 N–H and O–H groups in total. The molecule has 0 fully saturated rings. The van der Waals surface area contributed by atoms with Crippen molar-refractivity contribution in [2.24, 2.45) is 0 Å². The number of halogens is 1. The van der Waals surface area contributed by atoms with Crippen LogP contribution in [0.2, 0.25) is 0 Å². The average molecular weight is 393 g/mol. The third-order valence-corrected chi connectivity index (χ3v) is 4.07. The van der Waals surface area contributed by atoms with E-state index < -0.39 is 0 Å². The number of hydrogen-bond donors (Lipinski definition) is 1. The summed E-state index contributed by atoms with van der Waals surface area (Å²) in [4.78, 5) is 12.4. The Kier molecular flexibility index (Phi) is 5.87. The molecule has 24 heavy (non-hydrogen) atoms. The number of benzene rings is 2. The van der Waals surface area contributed by atoms with Gasteiger partial charge in [-0.2, -0.15) is 0 Å². The number of carbonyl (C=O) groups is 1. The van der Waals surface area contributed by atoms with E-state index in [4.69, 9.17) is 14.2 Å². The van der Waals surface area contributed by atoms with Crippen LogP contribution < -0.4 is 14.2 Å². The van der Waals surface area contributed by atoms with Crippen LogP contribution in [-0.2, 0) is 0 Å². The Morgan fingerprint density at radius 3 is 2.38 bits per heavy atom. The SMILES string of the molecule is COc1ccc(C(=O)C=Cc2cc(OC)c(O)cc2Br)c(OC)c1. The van der Waals surface area contributed by atoms with E-state index in [-0.39, 0.29) is 11.5 Å². The van der Waals surface area contributed by atoms with Gasteiger partial charge in [0.05, 0.1) is 26.9 Å². The summed E-state index contributed by atoms with van der Waals surface area (Å²) in [5.41, 5.74) is 1.13. The molecule has 0 unspecified atom stereocenters. The first kappa shape index (κ1) is 17.9. The third-order valence-electron chi connectivity index (χ3n) is 3.39. The predicted molar refractivity (Wildman–Crippen MR) is 95.3 cm³/mol. The number of ketones is 1. The molecule has 0 spiro atoms. The number of phenolic OH excluding ortho intramolecular Hbond substituents is 1. The second-order valence-corrected chi connectivity index (χ2v) is 5.66. The Balaban J connectivity index is 2.31. The molecule has 0 aliphatic carbocycles. The maximum absolute atomic E-state index is 12.4. The van der Waals surface area contributed by atoms with Gasteiger partial charge in [0, 0.05) is 10.5 Å². The molecule has 2 rings (SSSR count). The van der Waals surface area contributed by atoms with Gasteiger partial charge in [0.2, 0.25) is 0 Å². The summed E-state index contributed by atoms with van der Waals surface area (Å²) in [6.07, 6.45) is 3.07. The van der Waals surface area contributed by atoms with Crippen molar-refractivity contribution in [3.8, 4) is 23.0 Å². The van der Waals surface area contributed by atoms with Gasteiger partial charge >= 0.3 is 0 Å². The lowest BCUT2D eigenvalue weighted by molar-refractivity contribution is 0.104. The molecule has 0 aliphatic heterocycles. The zero-order valence-electron chi connectivity index (χ0n) is 13.5. The van der Waals surface area contributed by atoms with Crippen molar-refractivity contribution in [1.82, 2.24) is 0 Å². The monoisotopic (exact) mass is 392 g/mol. The Labute approximate surface area is 148 Å². The highest BCUT2D eigenvalue weighted by molar-refractivity contribution is 9.10. The highest BCUT2D eigenvalue weighted by Gasteiger charge is 2.12. The maximum atomic E-state index is 12.4. The van der Waals surface area contributed by atoms with Gasteiger partial charge in [0.15, 0.2) is 17.3 Å². The quantitative estimate of drug-likeness (QED) is 0.592. The van der Waals surface area contributed by atoms with Crippen molar-refractivity contribution in [2.45, 2.75) is 0 Å². The zero-order valence-corrected chi connectivity index (χ0v) is 15.1. The molecule has 126 valence electrons. The molecule has 0 bridgehead atoms. The number of aromatic hydroxyl groups is 1. The van der Waals surface area contributed by atoms with E-state index in [1.165, 1.54) is 26.4 Å². The molecule has 0 radical (unpaired) electrons. The molecule has 0 amide bonds. The summed E-state index contributed by atoms with van der Waals surface area (Å²) in [5.74, 6) is 1.18. The zero-order chi connectivity index (χ0) is 17.7. The fourth-order valence-electron chi connectivity index (χ4n) is 2.11. The van der Waals surface area contributed by atoms with Crippen molar-refractivity contribution >= 4 is 27.8 Å². The summed E-state index contributed by atoms with van der Waals surface area (Å²) < 4.78 is 16.1. The van der Waals surface area contributed by atoms with Crippen LogP contribution in [0.4, 0.5) is 0 Å². The molecular weight excluding hydrogens is 376 g/mol. The normalized spacial score (nSPS) is 10.7. The molecular formula is C18H17BrO5. The van der Waals surface area contributed by atoms with E-state index in [0.717, 1.165) is 0 Å². The molecule has 0 aromatic heterocycles. The molecule has 5 nitrogen and oxygen atoms in total. The van der Waals surface area contributed by atoms with Gasteiger partial charge in [-0.1, -0.05) is 15.9 Å². The Bertz CT molecular complexity index is 783. The van der Waals surface area contributed by atoms with Crippen LogP contribution in [0.25, 0.3) is 6.08 Å². The fraction of sp³-hybridized carbons (Fsp3) is 0.167. The van der Waals surface area contributed by atoms with Crippen molar-refractivity contribution < 1.29 is 24.1 Å². The standard InChI is InChI=1S/C18H17BrO5/c1-22-12-5-6-13(17(9-12)23-2)15(20)7-4-11-8-18(24-3)16(21)10-14(11)19/h4-10,21H,1-3H3. The van der Waals surface area contributed by atoms with Crippen LogP contribution >= 0.6 is 15.9 Å². The predicted octanol–water partition coefficient (Wildman–Crippen LogP) is 4.08. The summed E-state index contributed by atoms with van der Waals surface area (Å²) in [5, 5.41) is 9.71. The minimum absolute atomic E-state index is 0.0182. The van der Waals surface area contributed by atoms with Gasteiger partial charge in [-0.05, 0) is 42.0 Å². The molecule has 2 aromatic carbocycles. The van der Waals surface area contributed by atoms with Crippen LogP contribution in [0.15, 0.2) is 40.9 Å². The number of carbonyl (C=O) groups excluding carboxylic acids is 1. The first-order valence-electron chi connectivity index (χ1n) is 7.01. The summed E-state index contributed by atoms with van der Waals surface area (Å²) in [7, 11) is 4.51. The van der Waals surface area contributed by atoms with Gasteiger partial charge in [0.25, 0.3) is 0 Å². The van der Waals surface area contributed by atoms with E-state index in [1.807, 2.05) is 0 Å².